The average molecular weight is 288 g/mol. The molecule has 0 fully saturated rings. The number of carbonyl (C=O) groups excluding carboxylic acids is 1. The summed E-state index contributed by atoms with van der Waals surface area (Å²) in [7, 11) is 0. The van der Waals surface area contributed by atoms with Gasteiger partial charge in [-0.15, -0.1) is 11.3 Å². The second kappa shape index (κ2) is 6.66. The zero-order valence-electron chi connectivity index (χ0n) is 12.2. The van der Waals surface area contributed by atoms with E-state index in [-0.39, 0.29) is 11.9 Å². The molecule has 1 amide bonds. The lowest BCUT2D eigenvalue weighted by atomic mass is 10.1. The number of thiazole rings is 1. The molecular formula is C16H20N2OS. The topological polar surface area (TPSA) is 33.2 Å². The summed E-state index contributed by atoms with van der Waals surface area (Å²) in [6.07, 6.45) is 0.932. The first-order chi connectivity index (χ1) is 9.61. The number of aryl methyl sites for hydroxylation is 1. The van der Waals surface area contributed by atoms with Crippen molar-refractivity contribution in [3.05, 3.63) is 52.0 Å². The Hall–Kier alpha value is -1.68. The lowest BCUT2D eigenvalue weighted by molar-refractivity contribution is 0.0666. The van der Waals surface area contributed by atoms with Crippen molar-refractivity contribution in [3.63, 3.8) is 0 Å². The van der Waals surface area contributed by atoms with Crippen LogP contribution in [0.1, 0.15) is 41.3 Å². The van der Waals surface area contributed by atoms with Crippen LogP contribution in [0.2, 0.25) is 0 Å². The van der Waals surface area contributed by atoms with E-state index in [2.05, 4.69) is 31.0 Å². The quantitative estimate of drug-likeness (QED) is 0.836. The number of aromatic nitrogens is 1. The molecule has 1 aromatic carbocycles. The molecule has 2 aromatic rings. The third-order valence-electron chi connectivity index (χ3n) is 3.42. The van der Waals surface area contributed by atoms with E-state index in [1.165, 1.54) is 11.3 Å². The van der Waals surface area contributed by atoms with Crippen LogP contribution >= 0.6 is 11.3 Å². The van der Waals surface area contributed by atoms with Crippen molar-refractivity contribution < 1.29 is 4.79 Å². The van der Waals surface area contributed by atoms with Gasteiger partial charge in [-0.1, -0.05) is 37.3 Å². The standard InChI is InChI=1S/C16H20N2OS/c1-4-12(2)18(10-14-8-6-5-7-9-14)16(19)15-11-20-13(3)17-15/h5-9,11-12H,4,10H2,1-3H3. The van der Waals surface area contributed by atoms with Crippen LogP contribution in [-0.2, 0) is 6.54 Å². The number of rotatable bonds is 5. The fourth-order valence-electron chi connectivity index (χ4n) is 2.04. The Labute approximate surface area is 124 Å². The van der Waals surface area contributed by atoms with Crippen LogP contribution in [0, 0.1) is 6.92 Å². The first kappa shape index (κ1) is 14.7. The van der Waals surface area contributed by atoms with Gasteiger partial charge in [0.1, 0.15) is 5.69 Å². The van der Waals surface area contributed by atoms with E-state index in [0.29, 0.717) is 12.2 Å². The first-order valence-electron chi connectivity index (χ1n) is 6.88. The van der Waals surface area contributed by atoms with Crippen molar-refractivity contribution in [1.82, 2.24) is 9.88 Å². The van der Waals surface area contributed by atoms with E-state index < -0.39 is 0 Å². The third-order valence-corrected chi connectivity index (χ3v) is 4.19. The summed E-state index contributed by atoms with van der Waals surface area (Å²) in [4.78, 5) is 18.9. The molecule has 0 N–H and O–H groups in total. The van der Waals surface area contributed by atoms with Gasteiger partial charge in [-0.2, -0.15) is 0 Å². The second-order valence-electron chi connectivity index (χ2n) is 4.93. The highest BCUT2D eigenvalue weighted by Gasteiger charge is 2.22. The molecule has 20 heavy (non-hydrogen) atoms. The monoisotopic (exact) mass is 288 g/mol. The first-order valence-corrected chi connectivity index (χ1v) is 7.76. The van der Waals surface area contributed by atoms with Crippen molar-refractivity contribution in [2.45, 2.75) is 39.8 Å². The molecule has 0 aliphatic carbocycles. The Morgan fingerprint density at radius 2 is 2.05 bits per heavy atom. The van der Waals surface area contributed by atoms with Crippen molar-refractivity contribution in [2.75, 3.05) is 0 Å². The Balaban J connectivity index is 2.21. The highest BCUT2D eigenvalue weighted by atomic mass is 32.1. The molecule has 106 valence electrons. The number of hydrogen-bond acceptors (Lipinski definition) is 3. The molecule has 1 aromatic heterocycles. The van der Waals surface area contributed by atoms with Gasteiger partial charge in [0.05, 0.1) is 5.01 Å². The molecule has 0 spiro atoms. The van der Waals surface area contributed by atoms with Crippen LogP contribution in [0.15, 0.2) is 35.7 Å². The summed E-state index contributed by atoms with van der Waals surface area (Å²) >= 11 is 1.52. The Bertz CT molecular complexity index is 565. The molecule has 3 nitrogen and oxygen atoms in total. The van der Waals surface area contributed by atoms with E-state index in [0.717, 1.165) is 17.0 Å². The average Bonchev–Trinajstić information content (AvgIpc) is 2.91. The van der Waals surface area contributed by atoms with Gasteiger partial charge in [-0.05, 0) is 25.8 Å². The molecule has 1 unspecified atom stereocenters. The van der Waals surface area contributed by atoms with Gasteiger partial charge < -0.3 is 4.90 Å². The van der Waals surface area contributed by atoms with Crippen LogP contribution in [0.5, 0.6) is 0 Å². The SMILES string of the molecule is CCC(C)N(Cc1ccccc1)C(=O)c1csc(C)n1. The number of carbonyl (C=O) groups is 1. The summed E-state index contributed by atoms with van der Waals surface area (Å²) < 4.78 is 0. The van der Waals surface area contributed by atoms with Crippen molar-refractivity contribution >= 4 is 17.2 Å². The number of nitrogens with zero attached hydrogens (tertiary/aromatic N) is 2. The number of benzene rings is 1. The van der Waals surface area contributed by atoms with Crippen molar-refractivity contribution in [1.29, 1.82) is 0 Å². The maximum absolute atomic E-state index is 12.6. The van der Waals surface area contributed by atoms with Crippen LogP contribution in [0.25, 0.3) is 0 Å². The summed E-state index contributed by atoms with van der Waals surface area (Å²) in [5, 5.41) is 2.77. The molecular weight excluding hydrogens is 268 g/mol. The predicted octanol–water partition coefficient (Wildman–Crippen LogP) is 3.89. The number of amides is 1. The van der Waals surface area contributed by atoms with Gasteiger partial charge >= 0.3 is 0 Å². The summed E-state index contributed by atoms with van der Waals surface area (Å²) in [6.45, 7) is 6.74. The van der Waals surface area contributed by atoms with Crippen LogP contribution in [0.4, 0.5) is 0 Å². The fourth-order valence-corrected chi connectivity index (χ4v) is 2.62. The third kappa shape index (κ3) is 3.45. The van der Waals surface area contributed by atoms with Gasteiger partial charge in [-0.3, -0.25) is 4.79 Å². The van der Waals surface area contributed by atoms with Crippen LogP contribution in [-0.4, -0.2) is 21.8 Å². The van der Waals surface area contributed by atoms with Crippen molar-refractivity contribution in [2.24, 2.45) is 0 Å². The van der Waals surface area contributed by atoms with Gasteiger partial charge in [0, 0.05) is 18.0 Å². The van der Waals surface area contributed by atoms with E-state index in [1.807, 2.05) is 35.4 Å². The molecule has 0 bridgehead atoms. The van der Waals surface area contributed by atoms with E-state index in [9.17, 15) is 4.79 Å². The Morgan fingerprint density at radius 3 is 2.60 bits per heavy atom. The zero-order chi connectivity index (χ0) is 14.5. The largest absolute Gasteiger partial charge is 0.330 e. The molecule has 0 saturated heterocycles. The molecule has 0 radical (unpaired) electrons. The predicted molar refractivity (Wildman–Crippen MR) is 82.9 cm³/mol. The highest BCUT2D eigenvalue weighted by molar-refractivity contribution is 7.09. The van der Waals surface area contributed by atoms with Gasteiger partial charge in [0.2, 0.25) is 0 Å². The summed E-state index contributed by atoms with van der Waals surface area (Å²) in [6, 6.07) is 10.3. The lowest BCUT2D eigenvalue weighted by Gasteiger charge is -2.28. The van der Waals surface area contributed by atoms with E-state index >= 15 is 0 Å². The Morgan fingerprint density at radius 1 is 1.35 bits per heavy atom. The smallest absolute Gasteiger partial charge is 0.273 e. The maximum Gasteiger partial charge on any atom is 0.273 e. The molecule has 1 heterocycles. The molecule has 1 atom stereocenters. The fraction of sp³-hybridized carbons (Fsp3) is 0.375. The minimum atomic E-state index is 0.0209. The second-order valence-corrected chi connectivity index (χ2v) is 5.99. The van der Waals surface area contributed by atoms with Gasteiger partial charge in [0.25, 0.3) is 5.91 Å². The lowest BCUT2D eigenvalue weighted by Crippen LogP contribution is -2.38. The highest BCUT2D eigenvalue weighted by Crippen LogP contribution is 2.16. The van der Waals surface area contributed by atoms with E-state index in [4.69, 9.17) is 0 Å². The van der Waals surface area contributed by atoms with Gasteiger partial charge in [0.15, 0.2) is 0 Å². The molecule has 4 heteroatoms. The Kier molecular flexibility index (Phi) is 4.90. The van der Waals surface area contributed by atoms with Crippen molar-refractivity contribution in [3.8, 4) is 0 Å². The van der Waals surface area contributed by atoms with Crippen LogP contribution < -0.4 is 0 Å². The van der Waals surface area contributed by atoms with Crippen LogP contribution in [0.3, 0.4) is 0 Å². The minimum Gasteiger partial charge on any atom is -0.330 e. The number of hydrogen-bond donors (Lipinski definition) is 0. The normalized spacial score (nSPS) is 12.2. The molecule has 0 saturated carbocycles. The zero-order valence-corrected chi connectivity index (χ0v) is 13.0. The van der Waals surface area contributed by atoms with Gasteiger partial charge in [-0.25, -0.2) is 4.98 Å². The molecule has 0 aliphatic heterocycles. The maximum atomic E-state index is 12.6. The molecule has 2 rings (SSSR count). The molecule has 0 aliphatic rings. The summed E-state index contributed by atoms with van der Waals surface area (Å²) in [5.74, 6) is 0.0209. The van der Waals surface area contributed by atoms with E-state index in [1.54, 1.807) is 0 Å². The minimum absolute atomic E-state index is 0.0209. The summed E-state index contributed by atoms with van der Waals surface area (Å²) in [5.41, 5.74) is 1.71.